The molecule has 0 radical (unpaired) electrons. The van der Waals surface area contributed by atoms with Crippen molar-refractivity contribution in [3.05, 3.63) is 29.3 Å². The second-order valence-corrected chi connectivity index (χ2v) is 3.77. The molecule has 0 aromatic heterocycles. The molecule has 0 saturated heterocycles. The van der Waals surface area contributed by atoms with E-state index >= 15 is 0 Å². The molecule has 1 aromatic carbocycles. The molecule has 0 aliphatic heterocycles. The Morgan fingerprint density at radius 3 is 2.71 bits per heavy atom. The summed E-state index contributed by atoms with van der Waals surface area (Å²) in [5, 5.41) is 11.2. The Morgan fingerprint density at radius 2 is 2.19 bits per heavy atom. The van der Waals surface area contributed by atoms with Crippen LogP contribution in [0.25, 0.3) is 6.08 Å². The van der Waals surface area contributed by atoms with E-state index in [1.54, 1.807) is 13.0 Å². The number of rotatable bonds is 6. The van der Waals surface area contributed by atoms with Crippen molar-refractivity contribution in [3.63, 3.8) is 0 Å². The first kappa shape index (κ1) is 16.4. The Balaban J connectivity index is 3.16. The molecule has 0 aliphatic rings. The molecule has 7 heteroatoms. The lowest BCUT2D eigenvalue weighted by Crippen LogP contribution is -2.19. The molecule has 0 spiro atoms. The number of alkyl halides is 2. The van der Waals surface area contributed by atoms with Crippen LogP contribution in [0.1, 0.15) is 12.5 Å². The van der Waals surface area contributed by atoms with E-state index in [0.717, 1.165) is 0 Å². The van der Waals surface area contributed by atoms with Crippen LogP contribution in [0.3, 0.4) is 0 Å². The third-order valence-corrected chi connectivity index (χ3v) is 2.39. The summed E-state index contributed by atoms with van der Waals surface area (Å²) >= 11 is 0. The summed E-state index contributed by atoms with van der Waals surface area (Å²) in [4.78, 5) is 11.4. The van der Waals surface area contributed by atoms with E-state index in [0.29, 0.717) is 5.56 Å². The molecule has 1 amide bonds. The normalized spacial score (nSPS) is 11.0. The molecule has 0 aliphatic carbocycles. The molecule has 1 rings (SSSR count). The quantitative estimate of drug-likeness (QED) is 0.646. The van der Waals surface area contributed by atoms with Gasteiger partial charge in [0.05, 0.1) is 6.61 Å². The second kappa shape index (κ2) is 7.85. The van der Waals surface area contributed by atoms with Crippen LogP contribution in [-0.2, 0) is 4.79 Å². The maximum absolute atomic E-state index is 12.3. The molecule has 5 nitrogen and oxygen atoms in total. The minimum atomic E-state index is -2.97. The van der Waals surface area contributed by atoms with Crippen molar-refractivity contribution in [1.82, 2.24) is 5.32 Å². The predicted octanol–water partition coefficient (Wildman–Crippen LogP) is 2.34. The predicted molar refractivity (Wildman–Crippen MR) is 71.9 cm³/mol. The lowest BCUT2D eigenvalue weighted by Gasteiger charge is -2.11. The van der Waals surface area contributed by atoms with Crippen LogP contribution < -0.4 is 14.8 Å². The summed E-state index contributed by atoms with van der Waals surface area (Å²) in [6.45, 7) is -1.01. The van der Waals surface area contributed by atoms with Gasteiger partial charge in [-0.3, -0.25) is 4.79 Å². The molecule has 1 N–H and O–H groups in total. The Kier molecular flexibility index (Phi) is 6.14. The molecule has 0 unspecified atom stereocenters. The van der Waals surface area contributed by atoms with Gasteiger partial charge >= 0.3 is 6.61 Å². The molecule has 112 valence electrons. The highest BCUT2D eigenvalue weighted by atomic mass is 19.3. The summed E-state index contributed by atoms with van der Waals surface area (Å²) < 4.78 is 34.1. The highest BCUT2D eigenvalue weighted by Crippen LogP contribution is 2.30. The topological polar surface area (TPSA) is 71.3 Å². The summed E-state index contributed by atoms with van der Waals surface area (Å²) in [5.41, 5.74) is 0.350. The van der Waals surface area contributed by atoms with Gasteiger partial charge in [0.25, 0.3) is 5.91 Å². The number of amides is 1. The molecule has 0 heterocycles. The van der Waals surface area contributed by atoms with Crippen LogP contribution in [-0.4, -0.2) is 26.2 Å². The molecule has 21 heavy (non-hydrogen) atoms. The first-order valence-corrected chi connectivity index (χ1v) is 6.07. The monoisotopic (exact) mass is 296 g/mol. The van der Waals surface area contributed by atoms with Crippen molar-refractivity contribution in [2.24, 2.45) is 0 Å². The van der Waals surface area contributed by atoms with Gasteiger partial charge in [-0.15, -0.1) is 0 Å². The fourth-order valence-electron chi connectivity index (χ4n) is 1.53. The minimum absolute atomic E-state index is 0.109. The third-order valence-electron chi connectivity index (χ3n) is 2.39. The van der Waals surface area contributed by atoms with Gasteiger partial charge in [0.15, 0.2) is 11.5 Å². The molecule has 0 atom stereocenters. The first-order valence-electron chi connectivity index (χ1n) is 6.07. The maximum atomic E-state index is 12.3. The zero-order valence-electron chi connectivity index (χ0n) is 11.5. The van der Waals surface area contributed by atoms with Crippen LogP contribution in [0.5, 0.6) is 11.5 Å². The van der Waals surface area contributed by atoms with Crippen LogP contribution in [0.15, 0.2) is 23.8 Å². The van der Waals surface area contributed by atoms with Crippen LogP contribution >= 0.6 is 0 Å². The third kappa shape index (κ3) is 4.76. The largest absolute Gasteiger partial charge is 0.490 e. The van der Waals surface area contributed by atoms with E-state index in [-0.39, 0.29) is 23.7 Å². The number of nitrogens with zero attached hydrogens (tertiary/aromatic N) is 1. The Labute approximate surface area is 120 Å². The van der Waals surface area contributed by atoms with Crippen molar-refractivity contribution < 1.29 is 23.0 Å². The number of hydrogen-bond acceptors (Lipinski definition) is 4. The zero-order chi connectivity index (χ0) is 15.8. The van der Waals surface area contributed by atoms with Gasteiger partial charge < -0.3 is 14.8 Å². The highest BCUT2D eigenvalue weighted by Gasteiger charge is 2.12. The number of carbonyl (C=O) groups excluding carboxylic acids is 1. The Morgan fingerprint density at radius 1 is 1.48 bits per heavy atom. The van der Waals surface area contributed by atoms with Gasteiger partial charge in [0.2, 0.25) is 0 Å². The molecule has 0 bridgehead atoms. The van der Waals surface area contributed by atoms with Gasteiger partial charge in [-0.25, -0.2) is 0 Å². The van der Waals surface area contributed by atoms with Crippen molar-refractivity contribution in [2.45, 2.75) is 13.5 Å². The average molecular weight is 296 g/mol. The van der Waals surface area contributed by atoms with Crippen LogP contribution in [0.4, 0.5) is 8.78 Å². The lowest BCUT2D eigenvalue weighted by atomic mass is 10.1. The fraction of sp³-hybridized carbons (Fsp3) is 0.286. The Bertz CT molecular complexity index is 580. The smallest absolute Gasteiger partial charge is 0.387 e. The van der Waals surface area contributed by atoms with Crippen molar-refractivity contribution in [2.75, 3.05) is 13.7 Å². The van der Waals surface area contributed by atoms with E-state index in [2.05, 4.69) is 10.1 Å². The van der Waals surface area contributed by atoms with E-state index in [1.165, 1.54) is 31.3 Å². The summed E-state index contributed by atoms with van der Waals surface area (Å²) in [7, 11) is 1.40. The zero-order valence-corrected chi connectivity index (χ0v) is 11.5. The molecule has 0 saturated carbocycles. The van der Waals surface area contributed by atoms with E-state index in [4.69, 9.17) is 10.00 Å². The number of benzene rings is 1. The second-order valence-electron chi connectivity index (χ2n) is 3.77. The summed E-state index contributed by atoms with van der Waals surface area (Å²) in [6.07, 6.45) is 1.33. The van der Waals surface area contributed by atoms with Crippen molar-refractivity contribution in [1.29, 1.82) is 5.26 Å². The van der Waals surface area contributed by atoms with E-state index in [9.17, 15) is 13.6 Å². The minimum Gasteiger partial charge on any atom is -0.490 e. The summed E-state index contributed by atoms with van der Waals surface area (Å²) in [5.74, 6) is -0.536. The highest BCUT2D eigenvalue weighted by molar-refractivity contribution is 6.01. The van der Waals surface area contributed by atoms with Gasteiger partial charge in [-0.1, -0.05) is 6.07 Å². The molecule has 1 aromatic rings. The number of hydrogen-bond donors (Lipinski definition) is 1. The van der Waals surface area contributed by atoms with Crippen molar-refractivity contribution >= 4 is 12.0 Å². The van der Waals surface area contributed by atoms with Gasteiger partial charge in [-0.05, 0) is 30.7 Å². The standard InChI is InChI=1S/C14H14F2N2O3/c1-3-20-12-7-9(4-5-11(12)21-14(15)16)6-10(8-17)13(19)18-2/h4-7,14H,3H2,1-2H3,(H,18,19)/b10-6+. The lowest BCUT2D eigenvalue weighted by molar-refractivity contribution is -0.116. The molecular weight excluding hydrogens is 282 g/mol. The van der Waals surface area contributed by atoms with Gasteiger partial charge in [0, 0.05) is 7.05 Å². The van der Waals surface area contributed by atoms with Crippen LogP contribution in [0.2, 0.25) is 0 Å². The number of nitriles is 1. The van der Waals surface area contributed by atoms with Gasteiger partial charge in [-0.2, -0.15) is 14.0 Å². The molecular formula is C14H14F2N2O3. The first-order chi connectivity index (χ1) is 10.0. The fourth-order valence-corrected chi connectivity index (χ4v) is 1.53. The summed E-state index contributed by atoms with van der Waals surface area (Å²) in [6, 6.07) is 5.91. The van der Waals surface area contributed by atoms with Crippen LogP contribution in [0, 0.1) is 11.3 Å². The average Bonchev–Trinajstić information content (AvgIpc) is 2.46. The SMILES string of the molecule is CCOc1cc(/C=C(\C#N)C(=O)NC)ccc1OC(F)F. The maximum Gasteiger partial charge on any atom is 0.387 e. The van der Waals surface area contributed by atoms with Crippen molar-refractivity contribution in [3.8, 4) is 17.6 Å². The van der Waals surface area contributed by atoms with E-state index < -0.39 is 12.5 Å². The van der Waals surface area contributed by atoms with Gasteiger partial charge in [0.1, 0.15) is 11.6 Å². The van der Waals surface area contributed by atoms with E-state index in [1.807, 2.05) is 0 Å². The number of nitrogens with one attached hydrogen (secondary N) is 1. The number of likely N-dealkylation sites (N-methyl/N-ethyl adjacent to an activating group) is 1. The number of halogens is 2. The number of carbonyl (C=O) groups is 1. The number of ether oxygens (including phenoxy) is 2. The Hall–Kier alpha value is -2.62. The molecule has 0 fully saturated rings.